The van der Waals surface area contributed by atoms with Crippen molar-refractivity contribution in [1.82, 2.24) is 0 Å². The van der Waals surface area contributed by atoms with Crippen molar-refractivity contribution in [1.29, 1.82) is 0 Å². The molecule has 0 saturated heterocycles. The molecule has 4 saturated carbocycles. The molecule has 0 amide bonds. The van der Waals surface area contributed by atoms with E-state index in [0.29, 0.717) is 5.92 Å². The Morgan fingerprint density at radius 3 is 1.86 bits per heavy atom. The van der Waals surface area contributed by atoms with Crippen molar-refractivity contribution >= 4 is 17.9 Å². The van der Waals surface area contributed by atoms with E-state index >= 15 is 0 Å². The van der Waals surface area contributed by atoms with Crippen LogP contribution in [0.3, 0.4) is 0 Å². The first kappa shape index (κ1) is 22.1. The summed E-state index contributed by atoms with van der Waals surface area (Å²) in [4.78, 5) is 45.9. The lowest BCUT2D eigenvalue weighted by atomic mass is 9.51. The molecule has 0 aliphatic heterocycles. The van der Waals surface area contributed by atoms with Crippen LogP contribution >= 0.6 is 0 Å². The van der Waals surface area contributed by atoms with Crippen LogP contribution < -0.4 is 0 Å². The maximum atomic E-state index is 12.2. The summed E-state index contributed by atoms with van der Waals surface area (Å²) in [5, 5.41) is 0. The molecular weight excluding hydrogens is 372 g/mol. The van der Waals surface area contributed by atoms with E-state index in [1.807, 2.05) is 0 Å². The molecule has 164 valence electrons. The highest BCUT2D eigenvalue weighted by molar-refractivity contribution is 5.82. The number of hydrogen-bond acceptors (Lipinski definition) is 6. The van der Waals surface area contributed by atoms with Crippen molar-refractivity contribution in [3.05, 3.63) is 0 Å². The molecule has 29 heavy (non-hydrogen) atoms. The Morgan fingerprint density at radius 1 is 0.828 bits per heavy atom. The number of carbonyl (C=O) groups excluding carboxylic acids is 3. The maximum absolute atomic E-state index is 12.2. The third-order valence-corrected chi connectivity index (χ3v) is 7.22. The van der Waals surface area contributed by atoms with Crippen molar-refractivity contribution in [3.8, 4) is 0 Å². The van der Waals surface area contributed by atoms with Gasteiger partial charge in [-0.1, -0.05) is 13.8 Å². The quantitative estimate of drug-likeness (QED) is 0.367. The van der Waals surface area contributed by atoms with Gasteiger partial charge in [0.25, 0.3) is 0 Å². The minimum Gasteiger partial charge on any atom is -0.460 e. The number of carbonyl (C=O) groups is 3. The van der Waals surface area contributed by atoms with Crippen LogP contribution in [0.25, 0.3) is 0 Å². The molecule has 0 aromatic carbocycles. The largest absolute Gasteiger partial charge is 0.460 e. The molecule has 4 aliphatic carbocycles. The SMILES string of the molecule is CC(C(=O)OOC(=O)CCC1C2CC3CC(C2)CC1C3)C(C)C(=O)OC(C)(C)C. The molecule has 2 unspecified atom stereocenters. The molecule has 6 heteroatoms. The Balaban J connectivity index is 1.39. The van der Waals surface area contributed by atoms with Gasteiger partial charge in [0.2, 0.25) is 0 Å². The molecule has 4 aliphatic rings. The normalized spacial score (nSPS) is 32.4. The Labute approximate surface area is 174 Å². The van der Waals surface area contributed by atoms with E-state index in [2.05, 4.69) is 0 Å². The molecule has 4 fully saturated rings. The Morgan fingerprint density at radius 2 is 1.34 bits per heavy atom. The van der Waals surface area contributed by atoms with Crippen molar-refractivity contribution in [2.24, 2.45) is 41.4 Å². The van der Waals surface area contributed by atoms with Gasteiger partial charge < -0.3 is 4.74 Å². The molecule has 2 atom stereocenters. The van der Waals surface area contributed by atoms with Gasteiger partial charge in [-0.15, -0.1) is 0 Å². The van der Waals surface area contributed by atoms with E-state index < -0.39 is 35.3 Å². The average Bonchev–Trinajstić information content (AvgIpc) is 2.62. The van der Waals surface area contributed by atoms with Gasteiger partial charge in [-0.2, -0.15) is 0 Å². The summed E-state index contributed by atoms with van der Waals surface area (Å²) < 4.78 is 5.29. The number of esters is 1. The average molecular weight is 409 g/mol. The van der Waals surface area contributed by atoms with Crippen LogP contribution in [0.5, 0.6) is 0 Å². The summed E-state index contributed by atoms with van der Waals surface area (Å²) in [6, 6.07) is 0. The molecular formula is C23H36O6. The van der Waals surface area contributed by atoms with Crippen molar-refractivity contribution in [2.75, 3.05) is 0 Å². The zero-order valence-corrected chi connectivity index (χ0v) is 18.4. The second-order valence-corrected chi connectivity index (χ2v) is 10.6. The van der Waals surface area contributed by atoms with Crippen molar-refractivity contribution < 1.29 is 28.9 Å². The first-order chi connectivity index (χ1) is 13.5. The molecule has 4 bridgehead atoms. The van der Waals surface area contributed by atoms with E-state index in [1.165, 1.54) is 32.1 Å². The Bertz CT molecular complexity index is 606. The second kappa shape index (κ2) is 8.65. The predicted octanol–water partition coefficient (Wildman–Crippen LogP) is 4.45. The van der Waals surface area contributed by atoms with Crippen LogP contribution in [0.4, 0.5) is 0 Å². The zero-order chi connectivity index (χ0) is 21.3. The summed E-state index contributed by atoms with van der Waals surface area (Å²) >= 11 is 0. The molecule has 0 aromatic heterocycles. The molecule has 0 spiro atoms. The minimum atomic E-state index is -0.762. The maximum Gasteiger partial charge on any atom is 0.359 e. The van der Waals surface area contributed by atoms with E-state index in [1.54, 1.807) is 34.6 Å². The summed E-state index contributed by atoms with van der Waals surface area (Å²) in [6.45, 7) is 8.48. The van der Waals surface area contributed by atoms with E-state index in [4.69, 9.17) is 14.5 Å². The van der Waals surface area contributed by atoms with Crippen molar-refractivity contribution in [2.45, 2.75) is 85.2 Å². The molecule has 0 heterocycles. The predicted molar refractivity (Wildman–Crippen MR) is 106 cm³/mol. The number of ether oxygens (including phenoxy) is 1. The van der Waals surface area contributed by atoms with Crippen LogP contribution in [-0.2, 0) is 28.9 Å². The standard InChI is InChI=1S/C23H36O6/c1-13(21(25)27-23(3,4)5)14(2)22(26)29-28-20(24)7-6-19-17-9-15-8-16(11-17)12-18(19)10-15/h13-19H,6-12H2,1-5H3. The molecule has 0 aromatic rings. The summed E-state index contributed by atoms with van der Waals surface area (Å²) in [5.41, 5.74) is -0.626. The van der Waals surface area contributed by atoms with Crippen LogP contribution in [0.1, 0.15) is 79.6 Å². The lowest BCUT2D eigenvalue weighted by Gasteiger charge is -2.54. The van der Waals surface area contributed by atoms with Crippen LogP contribution in [-0.4, -0.2) is 23.5 Å². The van der Waals surface area contributed by atoms with Crippen LogP contribution in [0.15, 0.2) is 0 Å². The van der Waals surface area contributed by atoms with E-state index in [-0.39, 0.29) is 6.42 Å². The monoisotopic (exact) mass is 408 g/mol. The third-order valence-electron chi connectivity index (χ3n) is 7.22. The van der Waals surface area contributed by atoms with Crippen molar-refractivity contribution in [3.63, 3.8) is 0 Å². The minimum absolute atomic E-state index is 0.274. The number of hydrogen-bond donors (Lipinski definition) is 0. The molecule has 6 nitrogen and oxygen atoms in total. The highest BCUT2D eigenvalue weighted by Gasteiger charge is 2.47. The summed E-state index contributed by atoms with van der Waals surface area (Å²) in [5.74, 6) is 0.788. The molecule has 4 rings (SSSR count). The Kier molecular flexibility index (Phi) is 6.59. The van der Waals surface area contributed by atoms with Gasteiger partial charge in [0.05, 0.1) is 18.3 Å². The smallest absolute Gasteiger partial charge is 0.359 e. The van der Waals surface area contributed by atoms with Gasteiger partial charge in [0.1, 0.15) is 5.60 Å². The topological polar surface area (TPSA) is 78.9 Å². The summed E-state index contributed by atoms with van der Waals surface area (Å²) in [7, 11) is 0. The van der Waals surface area contributed by atoms with Crippen LogP contribution in [0, 0.1) is 41.4 Å². The fourth-order valence-corrected chi connectivity index (χ4v) is 5.80. The zero-order valence-electron chi connectivity index (χ0n) is 18.4. The van der Waals surface area contributed by atoms with Gasteiger partial charge >= 0.3 is 17.9 Å². The first-order valence-electron chi connectivity index (χ1n) is 11.2. The van der Waals surface area contributed by atoms with Crippen LogP contribution in [0.2, 0.25) is 0 Å². The van der Waals surface area contributed by atoms with Gasteiger partial charge in [-0.25, -0.2) is 19.4 Å². The second-order valence-electron chi connectivity index (χ2n) is 10.6. The third kappa shape index (κ3) is 5.52. The summed E-state index contributed by atoms with van der Waals surface area (Å²) in [6.07, 6.45) is 7.79. The van der Waals surface area contributed by atoms with Gasteiger partial charge in [0, 0.05) is 0 Å². The highest BCUT2D eigenvalue weighted by Crippen LogP contribution is 2.57. The lowest BCUT2D eigenvalue weighted by Crippen LogP contribution is -2.45. The fourth-order valence-electron chi connectivity index (χ4n) is 5.80. The fraction of sp³-hybridized carbons (Fsp3) is 0.870. The molecule has 0 N–H and O–H groups in total. The van der Waals surface area contributed by atoms with E-state index in [0.717, 1.165) is 30.1 Å². The lowest BCUT2D eigenvalue weighted by molar-refractivity contribution is -0.263. The highest BCUT2D eigenvalue weighted by atomic mass is 17.2. The van der Waals surface area contributed by atoms with Gasteiger partial charge in [0.15, 0.2) is 0 Å². The Hall–Kier alpha value is -1.59. The van der Waals surface area contributed by atoms with Gasteiger partial charge in [-0.05, 0) is 88.9 Å². The first-order valence-corrected chi connectivity index (χ1v) is 11.2. The van der Waals surface area contributed by atoms with Gasteiger partial charge in [-0.3, -0.25) is 4.79 Å². The molecule has 0 radical (unpaired) electrons. The van der Waals surface area contributed by atoms with E-state index in [9.17, 15) is 14.4 Å². The number of rotatable bonds is 6.